The van der Waals surface area contributed by atoms with Crippen LogP contribution in [0.5, 0.6) is 11.5 Å². The fourth-order valence-electron chi connectivity index (χ4n) is 4.65. The zero-order chi connectivity index (χ0) is 29.7. The molecule has 1 amide bonds. The Morgan fingerprint density at radius 3 is 2.36 bits per heavy atom. The molecular formula is C28H30ClN7O5S. The van der Waals surface area contributed by atoms with Gasteiger partial charge in [-0.2, -0.15) is 9.29 Å². The van der Waals surface area contributed by atoms with E-state index in [0.29, 0.717) is 30.5 Å². The molecule has 0 saturated carbocycles. The summed E-state index contributed by atoms with van der Waals surface area (Å²) in [5.74, 6) is 1.63. The van der Waals surface area contributed by atoms with Crippen LogP contribution in [0, 0.1) is 0 Å². The lowest BCUT2D eigenvalue weighted by Crippen LogP contribution is -2.60. The van der Waals surface area contributed by atoms with Crippen molar-refractivity contribution in [1.82, 2.24) is 29.1 Å². The molecule has 0 radical (unpaired) electrons. The van der Waals surface area contributed by atoms with Crippen molar-refractivity contribution in [3.8, 4) is 17.4 Å². The molecule has 4 aromatic rings. The molecule has 1 aliphatic rings. The van der Waals surface area contributed by atoms with E-state index in [1.54, 1.807) is 48.6 Å². The zero-order valence-electron chi connectivity index (χ0n) is 23.1. The van der Waals surface area contributed by atoms with Crippen LogP contribution in [0.15, 0.2) is 78.2 Å². The van der Waals surface area contributed by atoms with Crippen molar-refractivity contribution in [2.75, 3.05) is 45.3 Å². The Morgan fingerprint density at radius 2 is 1.71 bits per heavy atom. The number of amides is 1. The first-order valence-electron chi connectivity index (χ1n) is 13.1. The molecule has 2 aromatic carbocycles. The molecule has 3 heterocycles. The third kappa shape index (κ3) is 6.48. The van der Waals surface area contributed by atoms with E-state index in [-0.39, 0.29) is 29.7 Å². The van der Waals surface area contributed by atoms with Crippen molar-refractivity contribution in [2.24, 2.45) is 0 Å². The maximum atomic E-state index is 13.8. The van der Waals surface area contributed by atoms with Gasteiger partial charge in [-0.25, -0.2) is 18.4 Å². The van der Waals surface area contributed by atoms with E-state index in [0.717, 1.165) is 11.3 Å². The predicted molar refractivity (Wildman–Crippen MR) is 157 cm³/mol. The van der Waals surface area contributed by atoms with Crippen molar-refractivity contribution in [1.29, 1.82) is 0 Å². The predicted octanol–water partition coefficient (Wildman–Crippen LogP) is 2.57. The normalized spacial score (nSPS) is 15.8. The minimum atomic E-state index is -4.02. The molecule has 0 spiro atoms. The standard InChI is InChI=1S/C28H30ClN7O5S/c1-40-21-5-3-20(4-6-21)11-12-31-27(37)24-18-34(26-17-25(29)32-28(33-26)35-14-13-30-19-35)15-16-36(24)42(38,39)23-9-7-22(41-2)8-10-23/h3-10,13-14,17,19,24H,11-12,15-16,18H2,1-2H3,(H,31,37). The van der Waals surface area contributed by atoms with Crippen LogP contribution >= 0.6 is 11.6 Å². The summed E-state index contributed by atoms with van der Waals surface area (Å²) in [5.41, 5.74) is 1.01. The Labute approximate surface area is 248 Å². The highest BCUT2D eigenvalue weighted by Gasteiger charge is 2.40. The lowest BCUT2D eigenvalue weighted by atomic mass is 10.1. The number of sulfonamides is 1. The van der Waals surface area contributed by atoms with Gasteiger partial charge < -0.3 is 19.7 Å². The van der Waals surface area contributed by atoms with Crippen molar-refractivity contribution in [2.45, 2.75) is 17.4 Å². The first-order chi connectivity index (χ1) is 20.3. The quantitative estimate of drug-likeness (QED) is 0.269. The molecule has 0 aliphatic carbocycles. The minimum absolute atomic E-state index is 0.0486. The number of carbonyl (C=O) groups excluding carboxylic acids is 1. The number of hydrogen-bond donors (Lipinski definition) is 1. The second kappa shape index (κ2) is 12.8. The number of carbonyl (C=O) groups is 1. The average Bonchev–Trinajstić information content (AvgIpc) is 3.56. The van der Waals surface area contributed by atoms with Crippen LogP contribution < -0.4 is 19.7 Å². The lowest BCUT2D eigenvalue weighted by molar-refractivity contribution is -0.124. The van der Waals surface area contributed by atoms with Crippen LogP contribution in [0.1, 0.15) is 5.56 Å². The van der Waals surface area contributed by atoms with Crippen LogP contribution in [0.25, 0.3) is 5.95 Å². The van der Waals surface area contributed by atoms with E-state index in [9.17, 15) is 13.2 Å². The van der Waals surface area contributed by atoms with E-state index in [4.69, 9.17) is 21.1 Å². The van der Waals surface area contributed by atoms with E-state index >= 15 is 0 Å². The third-order valence-electron chi connectivity index (χ3n) is 6.90. The Morgan fingerprint density at radius 1 is 1.02 bits per heavy atom. The molecule has 42 heavy (non-hydrogen) atoms. The Balaban J connectivity index is 1.39. The Bertz CT molecular complexity index is 1620. The van der Waals surface area contributed by atoms with Gasteiger partial charge in [0.15, 0.2) is 0 Å². The lowest BCUT2D eigenvalue weighted by Gasteiger charge is -2.40. The van der Waals surface area contributed by atoms with E-state index in [1.807, 2.05) is 29.2 Å². The number of imidazole rings is 1. The number of hydrogen-bond acceptors (Lipinski definition) is 9. The number of aromatic nitrogens is 4. The summed E-state index contributed by atoms with van der Waals surface area (Å²) in [4.78, 5) is 28.4. The van der Waals surface area contributed by atoms with Gasteiger partial charge in [-0.05, 0) is 48.4 Å². The van der Waals surface area contributed by atoms with E-state index < -0.39 is 22.0 Å². The first-order valence-corrected chi connectivity index (χ1v) is 14.9. The van der Waals surface area contributed by atoms with Gasteiger partial charge in [0.05, 0.1) is 19.1 Å². The number of anilines is 1. The molecule has 1 fully saturated rings. The summed E-state index contributed by atoms with van der Waals surface area (Å²) in [5, 5.41) is 3.13. The highest BCUT2D eigenvalue weighted by Crippen LogP contribution is 2.27. The summed E-state index contributed by atoms with van der Waals surface area (Å²) in [6.45, 7) is 0.706. The molecule has 14 heteroatoms. The molecule has 2 aromatic heterocycles. The monoisotopic (exact) mass is 611 g/mol. The van der Waals surface area contributed by atoms with Gasteiger partial charge >= 0.3 is 0 Å². The van der Waals surface area contributed by atoms with Gasteiger partial charge in [0.25, 0.3) is 0 Å². The maximum Gasteiger partial charge on any atom is 0.243 e. The summed E-state index contributed by atoms with van der Waals surface area (Å²) in [7, 11) is -0.912. The highest BCUT2D eigenvalue weighted by atomic mass is 35.5. The van der Waals surface area contributed by atoms with Gasteiger partial charge in [0, 0.05) is 44.6 Å². The number of benzene rings is 2. The van der Waals surface area contributed by atoms with Crippen molar-refractivity contribution in [3.63, 3.8) is 0 Å². The fraction of sp³-hybridized carbons (Fsp3) is 0.286. The number of halogens is 1. The average molecular weight is 612 g/mol. The third-order valence-corrected chi connectivity index (χ3v) is 9.02. The number of nitrogens with zero attached hydrogens (tertiary/aromatic N) is 6. The van der Waals surface area contributed by atoms with Crippen LogP contribution in [0.4, 0.5) is 5.82 Å². The molecule has 220 valence electrons. The van der Waals surface area contributed by atoms with Crippen molar-refractivity contribution in [3.05, 3.63) is 84.0 Å². The number of methoxy groups -OCH3 is 2. The molecular weight excluding hydrogens is 582 g/mol. The summed E-state index contributed by atoms with van der Waals surface area (Å²) in [6.07, 6.45) is 5.40. The minimum Gasteiger partial charge on any atom is -0.497 e. The molecule has 1 saturated heterocycles. The number of piperazine rings is 1. The van der Waals surface area contributed by atoms with Crippen LogP contribution in [0.2, 0.25) is 5.15 Å². The van der Waals surface area contributed by atoms with Gasteiger partial charge in [0.1, 0.15) is 34.8 Å². The molecule has 5 rings (SSSR count). The number of nitrogens with one attached hydrogen (secondary N) is 1. The van der Waals surface area contributed by atoms with Gasteiger partial charge in [-0.1, -0.05) is 23.7 Å². The van der Waals surface area contributed by atoms with Crippen molar-refractivity contribution < 1.29 is 22.7 Å². The number of ether oxygens (including phenoxy) is 2. The molecule has 1 aliphatic heterocycles. The maximum absolute atomic E-state index is 13.8. The van der Waals surface area contributed by atoms with E-state index in [2.05, 4.69) is 20.3 Å². The zero-order valence-corrected chi connectivity index (χ0v) is 24.6. The molecule has 1 N–H and O–H groups in total. The smallest absolute Gasteiger partial charge is 0.243 e. The van der Waals surface area contributed by atoms with Crippen LogP contribution in [0.3, 0.4) is 0 Å². The van der Waals surface area contributed by atoms with E-state index in [1.165, 1.54) is 23.5 Å². The number of rotatable bonds is 10. The largest absolute Gasteiger partial charge is 0.497 e. The second-order valence-electron chi connectivity index (χ2n) is 9.46. The molecule has 12 nitrogen and oxygen atoms in total. The summed E-state index contributed by atoms with van der Waals surface area (Å²) in [6, 6.07) is 14.2. The first kappa shape index (κ1) is 29.3. The molecule has 1 unspecified atom stereocenters. The second-order valence-corrected chi connectivity index (χ2v) is 11.7. The molecule has 0 bridgehead atoms. The highest BCUT2D eigenvalue weighted by molar-refractivity contribution is 7.89. The van der Waals surface area contributed by atoms with Gasteiger partial charge in [-0.15, -0.1) is 0 Å². The Kier molecular flexibility index (Phi) is 8.90. The fourth-order valence-corrected chi connectivity index (χ4v) is 6.39. The van der Waals surface area contributed by atoms with Gasteiger partial charge in [0.2, 0.25) is 21.9 Å². The SMILES string of the molecule is COc1ccc(CCNC(=O)C2CN(c3cc(Cl)nc(-n4ccnc4)n3)CCN2S(=O)(=O)c2ccc(OC)cc2)cc1. The van der Waals surface area contributed by atoms with Gasteiger partial charge in [-0.3, -0.25) is 9.36 Å². The summed E-state index contributed by atoms with van der Waals surface area (Å²) >= 11 is 6.32. The topological polar surface area (TPSA) is 132 Å². The van der Waals surface area contributed by atoms with Crippen molar-refractivity contribution >= 4 is 33.3 Å². The van der Waals surface area contributed by atoms with Crippen LogP contribution in [-0.2, 0) is 21.2 Å². The summed E-state index contributed by atoms with van der Waals surface area (Å²) < 4.78 is 40.8. The molecule has 1 atom stereocenters. The van der Waals surface area contributed by atoms with Crippen LogP contribution in [-0.4, -0.2) is 84.6 Å². The Hall–Kier alpha value is -4.20.